The molecule has 5 heteroatoms. The molecule has 3 rings (SSSR count). The third kappa shape index (κ3) is 3.33. The molecule has 1 aromatic heterocycles. The highest BCUT2D eigenvalue weighted by atomic mass is 16.5. The molecule has 1 N–H and O–H groups in total. The minimum absolute atomic E-state index is 0.352. The van der Waals surface area contributed by atoms with Crippen molar-refractivity contribution in [1.29, 1.82) is 0 Å². The summed E-state index contributed by atoms with van der Waals surface area (Å²) in [7, 11) is 0. The fraction of sp³-hybridized carbons (Fsp3) is 0.800. The van der Waals surface area contributed by atoms with Gasteiger partial charge in [0.15, 0.2) is 0 Å². The summed E-state index contributed by atoms with van der Waals surface area (Å²) in [6.45, 7) is 8.65. The molecule has 0 radical (unpaired) electrons. The van der Waals surface area contributed by atoms with E-state index >= 15 is 0 Å². The molecular weight excluding hydrogens is 252 g/mol. The first-order chi connectivity index (χ1) is 9.70. The summed E-state index contributed by atoms with van der Waals surface area (Å²) in [5.41, 5.74) is 1.14. The van der Waals surface area contributed by atoms with Crippen molar-refractivity contribution in [2.75, 3.05) is 25.0 Å². The smallest absolute Gasteiger partial charge is 0.0771 e. The van der Waals surface area contributed by atoms with E-state index in [0.717, 1.165) is 31.8 Å². The molecule has 3 heterocycles. The maximum Gasteiger partial charge on any atom is 0.0771 e. The lowest BCUT2D eigenvalue weighted by atomic mass is 10.2. The van der Waals surface area contributed by atoms with Gasteiger partial charge in [0, 0.05) is 38.0 Å². The molecule has 2 atom stereocenters. The van der Waals surface area contributed by atoms with E-state index in [1.54, 1.807) is 0 Å². The van der Waals surface area contributed by atoms with Crippen LogP contribution in [0, 0.1) is 0 Å². The second kappa shape index (κ2) is 6.14. The fourth-order valence-corrected chi connectivity index (χ4v) is 3.14. The Kier molecular flexibility index (Phi) is 4.27. The van der Waals surface area contributed by atoms with Crippen molar-refractivity contribution in [3.05, 3.63) is 12.4 Å². The quantitative estimate of drug-likeness (QED) is 0.894. The van der Waals surface area contributed by atoms with E-state index in [9.17, 15) is 0 Å². The van der Waals surface area contributed by atoms with Crippen LogP contribution in [0.5, 0.6) is 0 Å². The van der Waals surface area contributed by atoms with Crippen LogP contribution < -0.4 is 5.32 Å². The largest absolute Gasteiger partial charge is 0.378 e. The van der Waals surface area contributed by atoms with Crippen LogP contribution in [-0.4, -0.2) is 52.6 Å². The van der Waals surface area contributed by atoms with Crippen LogP contribution in [0.2, 0.25) is 0 Å². The summed E-state index contributed by atoms with van der Waals surface area (Å²) < 4.78 is 7.66. The number of hydrogen-bond acceptors (Lipinski definition) is 4. The number of nitrogens with zero attached hydrogens (tertiary/aromatic N) is 3. The number of rotatable bonds is 5. The Morgan fingerprint density at radius 1 is 1.45 bits per heavy atom. The third-order valence-electron chi connectivity index (χ3n) is 4.37. The van der Waals surface area contributed by atoms with Gasteiger partial charge in [-0.1, -0.05) is 0 Å². The summed E-state index contributed by atoms with van der Waals surface area (Å²) in [5, 5.41) is 8.04. The average molecular weight is 278 g/mol. The Morgan fingerprint density at radius 2 is 2.35 bits per heavy atom. The van der Waals surface area contributed by atoms with Crippen molar-refractivity contribution >= 4 is 5.69 Å². The van der Waals surface area contributed by atoms with E-state index in [2.05, 4.69) is 35.4 Å². The number of aromatic nitrogens is 2. The molecule has 2 unspecified atom stereocenters. The fourth-order valence-electron chi connectivity index (χ4n) is 3.14. The Balaban J connectivity index is 1.50. The van der Waals surface area contributed by atoms with Gasteiger partial charge in [0.1, 0.15) is 0 Å². The Bertz CT molecular complexity index is 425. The van der Waals surface area contributed by atoms with Crippen molar-refractivity contribution in [3.8, 4) is 0 Å². The lowest BCUT2D eigenvalue weighted by Crippen LogP contribution is -2.31. The van der Waals surface area contributed by atoms with Gasteiger partial charge >= 0.3 is 0 Å². The number of nitrogens with one attached hydrogen (secondary N) is 1. The molecule has 2 aliphatic rings. The zero-order valence-electron chi connectivity index (χ0n) is 12.6. The number of anilines is 1. The second-order valence-electron chi connectivity index (χ2n) is 6.30. The Hall–Kier alpha value is -1.07. The predicted octanol–water partition coefficient (Wildman–Crippen LogP) is 1.96. The van der Waals surface area contributed by atoms with Gasteiger partial charge in [0.2, 0.25) is 0 Å². The first-order valence-electron chi connectivity index (χ1n) is 7.85. The highest BCUT2D eigenvalue weighted by Crippen LogP contribution is 2.18. The summed E-state index contributed by atoms with van der Waals surface area (Å²) >= 11 is 0. The minimum atomic E-state index is 0.352. The average Bonchev–Trinajstić information content (AvgIpc) is 3.12. The van der Waals surface area contributed by atoms with Gasteiger partial charge in [-0.25, -0.2) is 0 Å². The van der Waals surface area contributed by atoms with E-state index in [4.69, 9.17) is 4.74 Å². The van der Waals surface area contributed by atoms with Gasteiger partial charge < -0.3 is 10.1 Å². The predicted molar refractivity (Wildman–Crippen MR) is 79.9 cm³/mol. The van der Waals surface area contributed by atoms with E-state index < -0.39 is 0 Å². The summed E-state index contributed by atoms with van der Waals surface area (Å²) in [4.78, 5) is 2.52. The van der Waals surface area contributed by atoms with Gasteiger partial charge in [-0.3, -0.25) is 9.58 Å². The molecule has 20 heavy (non-hydrogen) atoms. The lowest BCUT2D eigenvalue weighted by Gasteiger charge is -2.20. The molecule has 0 saturated carbocycles. The molecule has 0 aliphatic carbocycles. The molecule has 2 saturated heterocycles. The highest BCUT2D eigenvalue weighted by Gasteiger charge is 2.24. The van der Waals surface area contributed by atoms with Crippen molar-refractivity contribution in [2.24, 2.45) is 0 Å². The highest BCUT2D eigenvalue weighted by molar-refractivity contribution is 5.39. The number of ether oxygens (including phenoxy) is 1. The Labute approximate surface area is 121 Å². The van der Waals surface area contributed by atoms with Gasteiger partial charge in [0.25, 0.3) is 0 Å². The molecule has 112 valence electrons. The van der Waals surface area contributed by atoms with E-state index in [1.807, 2.05) is 10.9 Å². The standard InChI is InChI=1S/C15H26N4O/c1-12(2)18-6-5-13(9-18)17-14-8-16-19(10-14)11-15-4-3-7-20-15/h8,10,12-13,15,17H,3-7,9,11H2,1-2H3. The second-order valence-corrected chi connectivity index (χ2v) is 6.30. The minimum Gasteiger partial charge on any atom is -0.378 e. The van der Waals surface area contributed by atoms with E-state index in [-0.39, 0.29) is 0 Å². The van der Waals surface area contributed by atoms with Crippen LogP contribution in [0.15, 0.2) is 12.4 Å². The first kappa shape index (κ1) is 13.9. The molecule has 2 aliphatic heterocycles. The monoisotopic (exact) mass is 278 g/mol. The normalized spacial score (nSPS) is 27.6. The molecule has 2 fully saturated rings. The van der Waals surface area contributed by atoms with E-state index in [1.165, 1.54) is 19.4 Å². The molecule has 0 spiro atoms. The number of likely N-dealkylation sites (tertiary alicyclic amines) is 1. The maximum atomic E-state index is 5.65. The van der Waals surface area contributed by atoms with Crippen LogP contribution in [-0.2, 0) is 11.3 Å². The zero-order valence-corrected chi connectivity index (χ0v) is 12.6. The Morgan fingerprint density at radius 3 is 3.05 bits per heavy atom. The van der Waals surface area contributed by atoms with Crippen LogP contribution in [0.3, 0.4) is 0 Å². The van der Waals surface area contributed by atoms with Crippen LogP contribution in [0.1, 0.15) is 33.1 Å². The van der Waals surface area contributed by atoms with Crippen LogP contribution >= 0.6 is 0 Å². The number of hydrogen-bond donors (Lipinski definition) is 1. The topological polar surface area (TPSA) is 42.3 Å². The molecule has 0 bridgehead atoms. The summed E-state index contributed by atoms with van der Waals surface area (Å²) in [6.07, 6.45) is 7.96. The summed E-state index contributed by atoms with van der Waals surface area (Å²) in [5.74, 6) is 0. The molecule has 5 nitrogen and oxygen atoms in total. The first-order valence-corrected chi connectivity index (χ1v) is 7.85. The van der Waals surface area contributed by atoms with Gasteiger partial charge in [-0.05, 0) is 33.1 Å². The van der Waals surface area contributed by atoms with E-state index in [0.29, 0.717) is 18.2 Å². The molecular formula is C15H26N4O. The van der Waals surface area contributed by atoms with Gasteiger partial charge in [-0.15, -0.1) is 0 Å². The van der Waals surface area contributed by atoms with Gasteiger partial charge in [-0.2, -0.15) is 5.10 Å². The molecule has 0 aromatic carbocycles. The van der Waals surface area contributed by atoms with Crippen molar-refractivity contribution in [1.82, 2.24) is 14.7 Å². The van der Waals surface area contributed by atoms with Crippen LogP contribution in [0.4, 0.5) is 5.69 Å². The molecule has 0 amide bonds. The zero-order chi connectivity index (χ0) is 13.9. The van der Waals surface area contributed by atoms with Crippen molar-refractivity contribution < 1.29 is 4.74 Å². The SMILES string of the molecule is CC(C)N1CCC(Nc2cnn(CC3CCCO3)c2)C1. The van der Waals surface area contributed by atoms with Crippen molar-refractivity contribution in [2.45, 2.75) is 57.8 Å². The molecule has 1 aromatic rings. The maximum absolute atomic E-state index is 5.65. The third-order valence-corrected chi connectivity index (χ3v) is 4.37. The van der Waals surface area contributed by atoms with Gasteiger partial charge in [0.05, 0.1) is 24.5 Å². The van der Waals surface area contributed by atoms with Crippen molar-refractivity contribution in [3.63, 3.8) is 0 Å². The van der Waals surface area contributed by atoms with Crippen LogP contribution in [0.25, 0.3) is 0 Å². The summed E-state index contributed by atoms with van der Waals surface area (Å²) in [6, 6.07) is 1.20. The lowest BCUT2D eigenvalue weighted by molar-refractivity contribution is 0.0940.